The van der Waals surface area contributed by atoms with Crippen molar-refractivity contribution in [3.8, 4) is 17.7 Å². The number of benzene rings is 1. The SMILES string of the molecule is Cc1cc(Oc2ncccc2C#N)ccc1NC(=O)c1cn(C)c(=O)[nH]c1=O. The number of nitrogens with zero attached hydrogens (tertiary/aromatic N) is 3. The normalized spacial score (nSPS) is 10.2. The van der Waals surface area contributed by atoms with E-state index in [0.29, 0.717) is 22.6 Å². The molecule has 0 bridgehead atoms. The molecule has 0 aliphatic carbocycles. The highest BCUT2D eigenvalue weighted by Crippen LogP contribution is 2.26. The van der Waals surface area contributed by atoms with Gasteiger partial charge in [-0.25, -0.2) is 9.78 Å². The van der Waals surface area contributed by atoms with Crippen LogP contribution in [0.1, 0.15) is 21.5 Å². The van der Waals surface area contributed by atoms with E-state index in [1.165, 1.54) is 19.4 Å². The number of nitrogens with one attached hydrogen (secondary N) is 2. The minimum absolute atomic E-state index is 0.179. The Morgan fingerprint density at radius 2 is 2.11 bits per heavy atom. The molecule has 9 nitrogen and oxygen atoms in total. The summed E-state index contributed by atoms with van der Waals surface area (Å²) < 4.78 is 6.75. The Hall–Kier alpha value is -4.19. The van der Waals surface area contributed by atoms with Crippen molar-refractivity contribution in [3.63, 3.8) is 0 Å². The Bertz CT molecular complexity index is 1220. The molecule has 28 heavy (non-hydrogen) atoms. The number of aryl methyl sites for hydroxylation is 2. The van der Waals surface area contributed by atoms with Gasteiger partial charge in [-0.05, 0) is 42.8 Å². The van der Waals surface area contributed by atoms with Crippen molar-refractivity contribution in [3.05, 3.63) is 80.3 Å². The van der Waals surface area contributed by atoms with Gasteiger partial charge in [0.05, 0.1) is 0 Å². The quantitative estimate of drug-likeness (QED) is 0.712. The summed E-state index contributed by atoms with van der Waals surface area (Å²) in [6.07, 6.45) is 2.69. The number of H-pyrrole nitrogens is 1. The predicted octanol–water partition coefficient (Wildman–Crippen LogP) is 1.69. The smallest absolute Gasteiger partial charge is 0.328 e. The second-order valence-corrected chi connectivity index (χ2v) is 5.91. The van der Waals surface area contributed by atoms with E-state index in [4.69, 9.17) is 10.00 Å². The van der Waals surface area contributed by atoms with E-state index in [9.17, 15) is 14.4 Å². The Morgan fingerprint density at radius 3 is 2.82 bits per heavy atom. The van der Waals surface area contributed by atoms with Crippen LogP contribution in [0.3, 0.4) is 0 Å². The molecule has 0 aliphatic rings. The standard InChI is InChI=1S/C19H15N5O4/c1-11-8-13(28-18-12(9-20)4-3-7-21-18)5-6-15(11)22-16(25)14-10-24(2)19(27)23-17(14)26/h3-8,10H,1-2H3,(H,22,25)(H,23,26,27). The highest BCUT2D eigenvalue weighted by atomic mass is 16.5. The summed E-state index contributed by atoms with van der Waals surface area (Å²) in [6, 6.07) is 10.1. The van der Waals surface area contributed by atoms with Gasteiger partial charge in [-0.1, -0.05) is 0 Å². The fourth-order valence-electron chi connectivity index (χ4n) is 2.42. The highest BCUT2D eigenvalue weighted by Gasteiger charge is 2.14. The maximum absolute atomic E-state index is 12.4. The monoisotopic (exact) mass is 377 g/mol. The Balaban J connectivity index is 1.82. The number of aromatic amines is 1. The molecule has 0 saturated heterocycles. The third-order valence-electron chi connectivity index (χ3n) is 3.91. The minimum atomic E-state index is -0.766. The lowest BCUT2D eigenvalue weighted by molar-refractivity contribution is 0.102. The lowest BCUT2D eigenvalue weighted by Crippen LogP contribution is -2.33. The van der Waals surface area contributed by atoms with Crippen LogP contribution >= 0.6 is 0 Å². The van der Waals surface area contributed by atoms with Gasteiger partial charge in [-0.15, -0.1) is 0 Å². The molecular formula is C19H15N5O4. The molecule has 0 aliphatic heterocycles. The summed E-state index contributed by atoms with van der Waals surface area (Å²) in [6.45, 7) is 1.75. The molecule has 0 atom stereocenters. The first-order valence-electron chi connectivity index (χ1n) is 8.14. The molecule has 0 fully saturated rings. The van der Waals surface area contributed by atoms with E-state index in [0.717, 1.165) is 4.57 Å². The summed E-state index contributed by atoms with van der Waals surface area (Å²) in [5, 5.41) is 11.7. The van der Waals surface area contributed by atoms with Crippen LogP contribution in [-0.2, 0) is 7.05 Å². The van der Waals surface area contributed by atoms with Gasteiger partial charge in [0.25, 0.3) is 11.5 Å². The van der Waals surface area contributed by atoms with Crippen LogP contribution in [0, 0.1) is 18.3 Å². The summed E-state index contributed by atoms with van der Waals surface area (Å²) in [5.41, 5.74) is -0.128. The van der Waals surface area contributed by atoms with Crippen molar-refractivity contribution in [2.24, 2.45) is 7.05 Å². The molecule has 3 aromatic rings. The van der Waals surface area contributed by atoms with Crippen molar-refractivity contribution in [1.82, 2.24) is 14.5 Å². The van der Waals surface area contributed by atoms with Crippen LogP contribution in [0.15, 0.2) is 52.3 Å². The number of hydrogen-bond donors (Lipinski definition) is 2. The molecule has 9 heteroatoms. The first-order valence-corrected chi connectivity index (χ1v) is 8.14. The molecule has 1 aromatic carbocycles. The van der Waals surface area contributed by atoms with Crippen LogP contribution in [-0.4, -0.2) is 20.4 Å². The lowest BCUT2D eigenvalue weighted by atomic mass is 10.1. The zero-order valence-corrected chi connectivity index (χ0v) is 15.0. The molecule has 0 saturated carbocycles. The summed E-state index contributed by atoms with van der Waals surface area (Å²) in [4.78, 5) is 41.7. The lowest BCUT2D eigenvalue weighted by Gasteiger charge is -2.11. The molecule has 1 amide bonds. The number of rotatable bonds is 4. The van der Waals surface area contributed by atoms with Crippen molar-refractivity contribution >= 4 is 11.6 Å². The average molecular weight is 377 g/mol. The zero-order chi connectivity index (χ0) is 20.3. The fraction of sp³-hybridized carbons (Fsp3) is 0.105. The summed E-state index contributed by atoms with van der Waals surface area (Å²) in [5.74, 6) is -0.0336. The van der Waals surface area contributed by atoms with Crippen molar-refractivity contribution in [1.29, 1.82) is 5.26 Å². The molecule has 2 heterocycles. The summed E-state index contributed by atoms with van der Waals surface area (Å²) >= 11 is 0. The summed E-state index contributed by atoms with van der Waals surface area (Å²) in [7, 11) is 1.43. The number of aromatic nitrogens is 3. The first-order chi connectivity index (χ1) is 13.4. The number of anilines is 1. The second-order valence-electron chi connectivity index (χ2n) is 5.91. The largest absolute Gasteiger partial charge is 0.438 e. The molecule has 0 spiro atoms. The van der Waals surface area contributed by atoms with Gasteiger partial charge in [0.2, 0.25) is 5.88 Å². The van der Waals surface area contributed by atoms with Gasteiger partial charge in [0.15, 0.2) is 0 Å². The van der Waals surface area contributed by atoms with Gasteiger partial charge in [0, 0.05) is 25.1 Å². The molecule has 0 unspecified atom stereocenters. The molecule has 2 aromatic heterocycles. The molecular weight excluding hydrogens is 362 g/mol. The molecule has 2 N–H and O–H groups in total. The number of hydrogen-bond acceptors (Lipinski definition) is 6. The fourth-order valence-corrected chi connectivity index (χ4v) is 2.42. The molecule has 0 radical (unpaired) electrons. The van der Waals surface area contributed by atoms with Crippen LogP contribution < -0.4 is 21.3 Å². The topological polar surface area (TPSA) is 130 Å². The van der Waals surface area contributed by atoms with Crippen LogP contribution in [0.5, 0.6) is 11.6 Å². The Morgan fingerprint density at radius 1 is 1.32 bits per heavy atom. The van der Waals surface area contributed by atoms with E-state index in [1.807, 2.05) is 6.07 Å². The second kappa shape index (κ2) is 7.59. The Labute approximate surface area is 158 Å². The van der Waals surface area contributed by atoms with E-state index < -0.39 is 17.2 Å². The Kier molecular flexibility index (Phi) is 5.04. The number of ether oxygens (including phenoxy) is 1. The van der Waals surface area contributed by atoms with Gasteiger partial charge in [0.1, 0.15) is 22.9 Å². The van der Waals surface area contributed by atoms with Crippen LogP contribution in [0.25, 0.3) is 0 Å². The van der Waals surface area contributed by atoms with E-state index in [2.05, 4.69) is 15.3 Å². The van der Waals surface area contributed by atoms with Gasteiger partial charge in [-0.2, -0.15) is 5.26 Å². The number of amides is 1. The van der Waals surface area contributed by atoms with Crippen molar-refractivity contribution in [2.45, 2.75) is 6.92 Å². The van der Waals surface area contributed by atoms with Crippen LogP contribution in [0.4, 0.5) is 5.69 Å². The number of nitriles is 1. The number of pyridine rings is 1. The number of carbonyl (C=O) groups excluding carboxylic acids is 1. The third-order valence-corrected chi connectivity index (χ3v) is 3.91. The van der Waals surface area contributed by atoms with E-state index >= 15 is 0 Å². The van der Waals surface area contributed by atoms with E-state index in [1.54, 1.807) is 37.3 Å². The maximum atomic E-state index is 12.4. The highest BCUT2D eigenvalue weighted by molar-refractivity contribution is 6.04. The van der Waals surface area contributed by atoms with Gasteiger partial charge < -0.3 is 14.6 Å². The first kappa shape index (κ1) is 18.6. The molecule has 3 rings (SSSR count). The third kappa shape index (κ3) is 3.81. The van der Waals surface area contributed by atoms with Crippen molar-refractivity contribution in [2.75, 3.05) is 5.32 Å². The number of carbonyl (C=O) groups is 1. The maximum Gasteiger partial charge on any atom is 0.328 e. The van der Waals surface area contributed by atoms with Crippen LogP contribution in [0.2, 0.25) is 0 Å². The van der Waals surface area contributed by atoms with Gasteiger partial charge >= 0.3 is 5.69 Å². The molecule has 140 valence electrons. The average Bonchev–Trinajstić information content (AvgIpc) is 2.67. The van der Waals surface area contributed by atoms with Gasteiger partial charge in [-0.3, -0.25) is 14.6 Å². The van der Waals surface area contributed by atoms with Crippen molar-refractivity contribution < 1.29 is 9.53 Å². The predicted molar refractivity (Wildman–Crippen MR) is 100 cm³/mol. The zero-order valence-electron chi connectivity index (χ0n) is 15.0. The van der Waals surface area contributed by atoms with E-state index in [-0.39, 0.29) is 11.4 Å². The minimum Gasteiger partial charge on any atom is -0.438 e.